The van der Waals surface area contributed by atoms with Gasteiger partial charge in [0.25, 0.3) is 11.8 Å². The lowest BCUT2D eigenvalue weighted by molar-refractivity contribution is 0.0503. The predicted octanol–water partition coefficient (Wildman–Crippen LogP) is 2.16. The van der Waals surface area contributed by atoms with Crippen molar-refractivity contribution in [1.82, 2.24) is 9.80 Å². The molecule has 1 aromatic carbocycles. The smallest absolute Gasteiger partial charge is 0.261 e. The minimum Gasteiger partial charge on any atom is -0.393 e. The third kappa shape index (κ3) is 3.52. The first-order chi connectivity index (χ1) is 11.6. The lowest BCUT2D eigenvalue weighted by Crippen LogP contribution is -2.37. The van der Waals surface area contributed by atoms with Gasteiger partial charge < -0.3 is 10.0 Å². The highest BCUT2D eigenvalue weighted by molar-refractivity contribution is 6.21. The Morgan fingerprint density at radius 3 is 2.38 bits per heavy atom. The maximum Gasteiger partial charge on any atom is 0.261 e. The van der Waals surface area contributed by atoms with Gasteiger partial charge in [-0.25, -0.2) is 0 Å². The molecule has 0 saturated heterocycles. The first-order valence-electron chi connectivity index (χ1n) is 8.89. The van der Waals surface area contributed by atoms with Crippen LogP contribution in [0.25, 0.3) is 0 Å². The van der Waals surface area contributed by atoms with Crippen molar-refractivity contribution in [1.29, 1.82) is 0 Å². The average Bonchev–Trinajstić information content (AvgIpc) is 2.82. The number of imide groups is 1. The van der Waals surface area contributed by atoms with Crippen molar-refractivity contribution >= 4 is 11.8 Å². The number of rotatable bonds is 6. The largest absolute Gasteiger partial charge is 0.393 e. The van der Waals surface area contributed by atoms with Crippen LogP contribution >= 0.6 is 0 Å². The summed E-state index contributed by atoms with van der Waals surface area (Å²) in [5, 5.41) is 10.1. The summed E-state index contributed by atoms with van der Waals surface area (Å²) >= 11 is 0. The molecule has 2 atom stereocenters. The molecular weight excluding hydrogens is 304 g/mol. The molecule has 1 aromatic rings. The highest BCUT2D eigenvalue weighted by Gasteiger charge is 2.34. The molecule has 1 saturated carbocycles. The van der Waals surface area contributed by atoms with E-state index in [1.165, 1.54) is 11.3 Å². The van der Waals surface area contributed by atoms with Gasteiger partial charge >= 0.3 is 0 Å². The lowest BCUT2D eigenvalue weighted by atomic mass is 9.86. The van der Waals surface area contributed by atoms with Crippen LogP contribution in [0.15, 0.2) is 24.3 Å². The van der Waals surface area contributed by atoms with Crippen molar-refractivity contribution in [2.45, 2.75) is 38.2 Å². The number of carbonyl (C=O) groups is 2. The highest BCUT2D eigenvalue weighted by atomic mass is 16.3. The van der Waals surface area contributed by atoms with E-state index in [-0.39, 0.29) is 17.9 Å². The quantitative estimate of drug-likeness (QED) is 0.812. The van der Waals surface area contributed by atoms with Crippen LogP contribution in [0.1, 0.15) is 52.8 Å². The fourth-order valence-corrected chi connectivity index (χ4v) is 3.83. The summed E-state index contributed by atoms with van der Waals surface area (Å²) in [4.78, 5) is 28.2. The number of hydrogen-bond donors (Lipinski definition) is 1. The fraction of sp³-hybridized carbons (Fsp3) is 0.579. The Kier molecular flexibility index (Phi) is 5.31. The van der Waals surface area contributed by atoms with Crippen molar-refractivity contribution < 1.29 is 14.7 Å². The van der Waals surface area contributed by atoms with E-state index >= 15 is 0 Å². The van der Waals surface area contributed by atoms with Gasteiger partial charge in [-0.15, -0.1) is 0 Å². The Morgan fingerprint density at radius 1 is 1.12 bits per heavy atom. The number of aliphatic hydroxyl groups excluding tert-OH is 1. The molecule has 24 heavy (non-hydrogen) atoms. The third-order valence-corrected chi connectivity index (χ3v) is 5.21. The molecule has 1 heterocycles. The molecule has 2 amide bonds. The minimum atomic E-state index is -0.183. The monoisotopic (exact) mass is 330 g/mol. The van der Waals surface area contributed by atoms with Crippen molar-refractivity contribution in [2.75, 3.05) is 26.7 Å². The number of benzene rings is 1. The predicted molar refractivity (Wildman–Crippen MR) is 91.9 cm³/mol. The summed E-state index contributed by atoms with van der Waals surface area (Å²) in [6.07, 6.45) is 4.89. The Labute approximate surface area is 143 Å². The Bertz CT molecular complexity index is 581. The molecular formula is C19H26N2O3. The van der Waals surface area contributed by atoms with E-state index in [0.717, 1.165) is 38.8 Å². The minimum absolute atomic E-state index is 0.180. The van der Waals surface area contributed by atoms with Gasteiger partial charge in [-0.1, -0.05) is 25.0 Å². The molecule has 2 aliphatic rings. The van der Waals surface area contributed by atoms with Gasteiger partial charge in [0.05, 0.1) is 17.2 Å². The molecule has 0 spiro atoms. The van der Waals surface area contributed by atoms with Crippen LogP contribution in [0, 0.1) is 5.92 Å². The van der Waals surface area contributed by atoms with E-state index in [2.05, 4.69) is 4.90 Å². The molecule has 1 N–H and O–H groups in total. The van der Waals surface area contributed by atoms with Crippen LogP contribution < -0.4 is 0 Å². The van der Waals surface area contributed by atoms with Gasteiger partial charge in [-0.3, -0.25) is 14.5 Å². The van der Waals surface area contributed by atoms with E-state index in [1.54, 1.807) is 24.3 Å². The number of hydrogen-bond acceptors (Lipinski definition) is 4. The molecule has 1 aliphatic heterocycles. The summed E-state index contributed by atoms with van der Waals surface area (Å²) in [7, 11) is 2.05. The summed E-state index contributed by atoms with van der Waals surface area (Å²) in [5.41, 5.74) is 1.03. The van der Waals surface area contributed by atoms with Gasteiger partial charge in [0.1, 0.15) is 0 Å². The zero-order valence-electron chi connectivity index (χ0n) is 14.3. The Balaban J connectivity index is 1.47. The van der Waals surface area contributed by atoms with Gasteiger partial charge in [-0.2, -0.15) is 0 Å². The average molecular weight is 330 g/mol. The van der Waals surface area contributed by atoms with Crippen molar-refractivity contribution in [2.24, 2.45) is 5.92 Å². The second-order valence-electron chi connectivity index (χ2n) is 7.04. The summed E-state index contributed by atoms with van der Waals surface area (Å²) in [6, 6.07) is 7.01. The maximum absolute atomic E-state index is 12.3. The molecule has 3 rings (SSSR count). The van der Waals surface area contributed by atoms with Gasteiger partial charge in [0.15, 0.2) is 0 Å². The molecule has 1 aliphatic carbocycles. The molecule has 5 nitrogen and oxygen atoms in total. The fourth-order valence-electron chi connectivity index (χ4n) is 3.83. The van der Waals surface area contributed by atoms with Crippen LogP contribution in [0.5, 0.6) is 0 Å². The van der Waals surface area contributed by atoms with Crippen LogP contribution in [-0.4, -0.2) is 59.5 Å². The number of fused-ring (bicyclic) bond motifs is 1. The molecule has 130 valence electrons. The number of aliphatic hydroxyl groups is 1. The lowest BCUT2D eigenvalue weighted by Gasteiger charge is -2.31. The van der Waals surface area contributed by atoms with Crippen LogP contribution in [-0.2, 0) is 0 Å². The van der Waals surface area contributed by atoms with Gasteiger partial charge in [-0.05, 0) is 50.9 Å². The topological polar surface area (TPSA) is 60.9 Å². The van der Waals surface area contributed by atoms with E-state index < -0.39 is 0 Å². The van der Waals surface area contributed by atoms with Gasteiger partial charge in [0.2, 0.25) is 0 Å². The first-order valence-corrected chi connectivity index (χ1v) is 8.89. The van der Waals surface area contributed by atoms with E-state index in [1.807, 2.05) is 7.05 Å². The highest BCUT2D eigenvalue weighted by Crippen LogP contribution is 2.25. The second kappa shape index (κ2) is 7.45. The molecule has 5 heteroatoms. The second-order valence-corrected chi connectivity index (χ2v) is 7.04. The van der Waals surface area contributed by atoms with Crippen molar-refractivity contribution in [3.63, 3.8) is 0 Å². The van der Waals surface area contributed by atoms with Crippen LogP contribution in [0.2, 0.25) is 0 Å². The summed E-state index contributed by atoms with van der Waals surface area (Å²) < 4.78 is 0. The van der Waals surface area contributed by atoms with Crippen LogP contribution in [0.4, 0.5) is 0 Å². The molecule has 2 unspecified atom stereocenters. The Morgan fingerprint density at radius 2 is 1.75 bits per heavy atom. The number of nitrogens with zero attached hydrogens (tertiary/aromatic N) is 2. The first kappa shape index (κ1) is 17.1. The molecule has 0 radical (unpaired) electrons. The third-order valence-electron chi connectivity index (χ3n) is 5.21. The summed E-state index contributed by atoms with van der Waals surface area (Å²) in [6.45, 7) is 2.14. The maximum atomic E-state index is 12.3. The van der Waals surface area contributed by atoms with Crippen molar-refractivity contribution in [3.8, 4) is 0 Å². The zero-order valence-corrected chi connectivity index (χ0v) is 14.3. The van der Waals surface area contributed by atoms with E-state index in [4.69, 9.17) is 0 Å². The number of carbonyl (C=O) groups excluding carboxylic acids is 2. The van der Waals surface area contributed by atoms with E-state index in [0.29, 0.717) is 23.6 Å². The van der Waals surface area contributed by atoms with Crippen molar-refractivity contribution in [3.05, 3.63) is 35.4 Å². The van der Waals surface area contributed by atoms with Gasteiger partial charge in [0, 0.05) is 13.1 Å². The molecule has 1 fully saturated rings. The normalized spacial score (nSPS) is 23.9. The SMILES string of the molecule is CN(CCCN1C(=O)c2ccccc2C1=O)CC1CCCCC1O. The van der Waals surface area contributed by atoms with E-state index in [9.17, 15) is 14.7 Å². The number of amides is 2. The molecule has 0 aromatic heterocycles. The van der Waals surface area contributed by atoms with Crippen LogP contribution in [0.3, 0.4) is 0 Å². The zero-order chi connectivity index (χ0) is 17.1. The Hall–Kier alpha value is -1.72. The summed E-state index contributed by atoms with van der Waals surface area (Å²) in [5.74, 6) is -0.00929. The standard InChI is InChI=1S/C19H26N2O3/c1-20(13-14-7-2-5-10-17(14)22)11-6-12-21-18(23)15-8-3-4-9-16(15)19(21)24/h3-4,8-9,14,17,22H,2,5-7,10-13H2,1H3. The molecule has 0 bridgehead atoms.